The molecule has 144 valence electrons. The molecule has 2 saturated heterocycles. The van der Waals surface area contributed by atoms with Crippen molar-refractivity contribution in [2.24, 2.45) is 0 Å². The number of carbonyl (C=O) groups is 2. The third-order valence-electron chi connectivity index (χ3n) is 5.41. The van der Waals surface area contributed by atoms with Gasteiger partial charge in [0.05, 0.1) is 11.3 Å². The number of carbonyl (C=O) groups excluding carboxylic acids is 2. The van der Waals surface area contributed by atoms with E-state index in [0.717, 1.165) is 25.9 Å². The van der Waals surface area contributed by atoms with Crippen LogP contribution in [-0.4, -0.2) is 57.8 Å². The number of pyridine rings is 1. The van der Waals surface area contributed by atoms with Crippen LogP contribution in [0.2, 0.25) is 0 Å². The number of Topliss-reactive ketones (excluding diaryl/α,β-unsaturated/α-hetero) is 1. The topological polar surface area (TPSA) is 73.7 Å². The highest BCUT2D eigenvalue weighted by molar-refractivity contribution is 6.46. The van der Waals surface area contributed by atoms with Gasteiger partial charge in [0.2, 0.25) is 0 Å². The second-order valence-electron chi connectivity index (χ2n) is 7.16. The Morgan fingerprint density at radius 2 is 1.71 bits per heavy atom. The molecule has 1 N–H and O–H groups in total. The quantitative estimate of drug-likeness (QED) is 0.493. The molecule has 2 fully saturated rings. The summed E-state index contributed by atoms with van der Waals surface area (Å²) < 4.78 is 0. The van der Waals surface area contributed by atoms with Gasteiger partial charge in [-0.05, 0) is 38.1 Å². The zero-order chi connectivity index (χ0) is 19.5. The normalized spacial score (nSPS) is 22.1. The van der Waals surface area contributed by atoms with Gasteiger partial charge in [0.15, 0.2) is 0 Å². The summed E-state index contributed by atoms with van der Waals surface area (Å²) in [5, 5.41) is 10.9. The molecule has 0 saturated carbocycles. The number of likely N-dealkylation sites (tertiary alicyclic amines) is 2. The van der Waals surface area contributed by atoms with Crippen molar-refractivity contribution in [3.8, 4) is 0 Å². The molecule has 0 radical (unpaired) electrons. The van der Waals surface area contributed by atoms with Crippen molar-refractivity contribution in [3.63, 3.8) is 0 Å². The lowest BCUT2D eigenvalue weighted by Gasteiger charge is -2.26. The highest BCUT2D eigenvalue weighted by Gasteiger charge is 2.46. The second-order valence-corrected chi connectivity index (χ2v) is 7.16. The summed E-state index contributed by atoms with van der Waals surface area (Å²) >= 11 is 0. The minimum Gasteiger partial charge on any atom is -0.507 e. The molecule has 2 aromatic rings. The van der Waals surface area contributed by atoms with Crippen LogP contribution >= 0.6 is 0 Å². The number of amides is 1. The van der Waals surface area contributed by atoms with E-state index in [1.165, 1.54) is 0 Å². The first-order valence-corrected chi connectivity index (χ1v) is 9.64. The van der Waals surface area contributed by atoms with Crippen LogP contribution in [0.5, 0.6) is 0 Å². The lowest BCUT2D eigenvalue weighted by Crippen LogP contribution is -2.37. The Morgan fingerprint density at radius 1 is 1.00 bits per heavy atom. The number of aliphatic hydroxyl groups is 1. The van der Waals surface area contributed by atoms with Crippen LogP contribution < -0.4 is 0 Å². The Labute approximate surface area is 164 Å². The molecule has 0 bridgehead atoms. The Hall–Kier alpha value is -2.99. The summed E-state index contributed by atoms with van der Waals surface area (Å²) in [4.78, 5) is 33.9. The molecular formula is C22H23N3O3. The Morgan fingerprint density at radius 3 is 2.39 bits per heavy atom. The molecule has 1 amide bonds. The van der Waals surface area contributed by atoms with Gasteiger partial charge in [0, 0.05) is 24.8 Å². The second kappa shape index (κ2) is 7.94. The maximum absolute atomic E-state index is 12.9. The van der Waals surface area contributed by atoms with E-state index in [1.807, 2.05) is 12.1 Å². The molecule has 1 atom stereocenters. The summed E-state index contributed by atoms with van der Waals surface area (Å²) in [5.41, 5.74) is 1.21. The highest BCUT2D eigenvalue weighted by atomic mass is 16.3. The smallest absolute Gasteiger partial charge is 0.295 e. The first kappa shape index (κ1) is 18.4. The molecule has 2 aliphatic rings. The summed E-state index contributed by atoms with van der Waals surface area (Å²) in [6.07, 6.45) is 3.96. The first-order chi connectivity index (χ1) is 13.7. The van der Waals surface area contributed by atoms with Crippen molar-refractivity contribution in [1.29, 1.82) is 0 Å². The number of hydrogen-bond donors (Lipinski definition) is 1. The van der Waals surface area contributed by atoms with Crippen LogP contribution in [0, 0.1) is 0 Å². The van der Waals surface area contributed by atoms with Gasteiger partial charge in [-0.2, -0.15) is 0 Å². The van der Waals surface area contributed by atoms with Gasteiger partial charge in [-0.25, -0.2) is 0 Å². The Kier molecular flexibility index (Phi) is 5.21. The first-order valence-electron chi connectivity index (χ1n) is 9.64. The van der Waals surface area contributed by atoms with E-state index in [4.69, 9.17) is 0 Å². The van der Waals surface area contributed by atoms with Gasteiger partial charge in [-0.3, -0.25) is 14.6 Å². The van der Waals surface area contributed by atoms with Crippen LogP contribution in [0.3, 0.4) is 0 Å². The van der Waals surface area contributed by atoms with E-state index >= 15 is 0 Å². The van der Waals surface area contributed by atoms with E-state index in [0.29, 0.717) is 24.3 Å². The summed E-state index contributed by atoms with van der Waals surface area (Å²) in [7, 11) is 0. The van der Waals surface area contributed by atoms with Crippen LogP contribution in [0.4, 0.5) is 0 Å². The van der Waals surface area contributed by atoms with E-state index in [9.17, 15) is 14.7 Å². The van der Waals surface area contributed by atoms with Crippen molar-refractivity contribution in [2.75, 3.05) is 26.2 Å². The highest BCUT2D eigenvalue weighted by Crippen LogP contribution is 2.38. The molecule has 0 aliphatic carbocycles. The molecule has 3 heterocycles. The summed E-state index contributed by atoms with van der Waals surface area (Å²) in [6, 6.07) is 13.6. The summed E-state index contributed by atoms with van der Waals surface area (Å²) in [6.45, 7) is 3.17. The van der Waals surface area contributed by atoms with Crippen molar-refractivity contribution in [1.82, 2.24) is 14.8 Å². The van der Waals surface area contributed by atoms with Gasteiger partial charge in [-0.15, -0.1) is 0 Å². The molecule has 2 aliphatic heterocycles. The van der Waals surface area contributed by atoms with Gasteiger partial charge in [0.25, 0.3) is 11.7 Å². The van der Waals surface area contributed by atoms with Crippen LogP contribution in [-0.2, 0) is 9.59 Å². The van der Waals surface area contributed by atoms with Gasteiger partial charge in [-0.1, -0.05) is 36.4 Å². The number of rotatable bonds is 5. The van der Waals surface area contributed by atoms with Crippen molar-refractivity contribution in [2.45, 2.75) is 18.9 Å². The largest absolute Gasteiger partial charge is 0.507 e. The van der Waals surface area contributed by atoms with Crippen molar-refractivity contribution >= 4 is 17.4 Å². The predicted molar refractivity (Wildman–Crippen MR) is 105 cm³/mol. The number of ketones is 1. The molecule has 0 spiro atoms. The van der Waals surface area contributed by atoms with Crippen LogP contribution in [0.1, 0.15) is 30.1 Å². The number of benzene rings is 1. The SMILES string of the molecule is O=C1C(=O)N(CCN2CCCC2)C(c2ccccn2)/C1=C(\O)c1ccccc1. The maximum Gasteiger partial charge on any atom is 0.295 e. The molecule has 1 aromatic carbocycles. The number of nitrogens with zero attached hydrogens (tertiary/aromatic N) is 3. The Balaban J connectivity index is 1.74. The minimum absolute atomic E-state index is 0.108. The fourth-order valence-corrected chi connectivity index (χ4v) is 3.96. The van der Waals surface area contributed by atoms with Gasteiger partial charge in [0.1, 0.15) is 11.8 Å². The molecule has 1 aromatic heterocycles. The van der Waals surface area contributed by atoms with Gasteiger partial charge < -0.3 is 14.9 Å². The van der Waals surface area contributed by atoms with E-state index < -0.39 is 17.7 Å². The zero-order valence-corrected chi connectivity index (χ0v) is 15.6. The van der Waals surface area contributed by atoms with E-state index in [1.54, 1.807) is 47.5 Å². The molecule has 6 heteroatoms. The fraction of sp³-hybridized carbons (Fsp3) is 0.318. The molecule has 4 rings (SSSR count). The van der Waals surface area contributed by atoms with Crippen LogP contribution in [0.25, 0.3) is 5.76 Å². The monoisotopic (exact) mass is 377 g/mol. The standard InChI is InChI=1S/C22H23N3O3/c26-20(16-8-2-1-3-9-16)18-19(17-10-4-5-11-23-17)25(22(28)21(18)27)15-14-24-12-6-7-13-24/h1-5,8-11,19,26H,6-7,12-15H2/b20-18+. The third-order valence-corrected chi connectivity index (χ3v) is 5.41. The molecule has 6 nitrogen and oxygen atoms in total. The molecular weight excluding hydrogens is 354 g/mol. The summed E-state index contributed by atoms with van der Waals surface area (Å²) in [5.74, 6) is -1.39. The van der Waals surface area contributed by atoms with E-state index in [-0.39, 0.29) is 11.3 Å². The average Bonchev–Trinajstić information content (AvgIpc) is 3.34. The van der Waals surface area contributed by atoms with Crippen molar-refractivity contribution in [3.05, 3.63) is 71.6 Å². The maximum atomic E-state index is 12.9. The van der Waals surface area contributed by atoms with E-state index in [2.05, 4.69) is 9.88 Å². The number of hydrogen-bond acceptors (Lipinski definition) is 5. The van der Waals surface area contributed by atoms with Gasteiger partial charge >= 0.3 is 0 Å². The fourth-order valence-electron chi connectivity index (χ4n) is 3.96. The zero-order valence-electron chi connectivity index (χ0n) is 15.6. The average molecular weight is 377 g/mol. The molecule has 28 heavy (non-hydrogen) atoms. The lowest BCUT2D eigenvalue weighted by molar-refractivity contribution is -0.140. The number of aliphatic hydroxyl groups excluding tert-OH is 1. The van der Waals surface area contributed by atoms with Crippen molar-refractivity contribution < 1.29 is 14.7 Å². The predicted octanol–water partition coefficient (Wildman–Crippen LogP) is 2.60. The Bertz CT molecular complexity index is 890. The van der Waals surface area contributed by atoms with Crippen LogP contribution in [0.15, 0.2) is 60.3 Å². The third kappa shape index (κ3) is 3.43. The molecule has 1 unspecified atom stereocenters. The lowest BCUT2D eigenvalue weighted by atomic mass is 9.98. The minimum atomic E-state index is -0.677. The number of aromatic nitrogens is 1.